The number of ether oxygens (including phenoxy) is 3. The van der Waals surface area contributed by atoms with E-state index in [1.54, 1.807) is 12.3 Å². The average molecular weight is 515 g/mol. The SMILES string of the molecule is COC(COc1nc(N2CCN(C)CC2)c2cc(Cl)c(-c3c(C)ccc4[nH]ncc34)c(F)c2n1)OC. The molecule has 190 valence electrons. The monoisotopic (exact) mass is 514 g/mol. The van der Waals surface area contributed by atoms with Crippen LogP contribution >= 0.6 is 11.6 Å². The Hall–Kier alpha value is -3.05. The second kappa shape index (κ2) is 10.1. The lowest BCUT2D eigenvalue weighted by Crippen LogP contribution is -2.45. The van der Waals surface area contributed by atoms with E-state index in [1.165, 1.54) is 14.2 Å². The number of H-pyrrole nitrogens is 1. The number of aryl methyl sites for hydroxylation is 1. The Morgan fingerprint density at radius 3 is 2.56 bits per heavy atom. The zero-order valence-corrected chi connectivity index (χ0v) is 21.4. The molecule has 1 saturated heterocycles. The van der Waals surface area contributed by atoms with E-state index in [2.05, 4.69) is 37.0 Å². The normalized spacial score (nSPS) is 14.9. The molecule has 4 aromatic rings. The first kappa shape index (κ1) is 24.6. The van der Waals surface area contributed by atoms with Crippen LogP contribution in [0.4, 0.5) is 10.2 Å². The Bertz CT molecular complexity index is 1400. The number of anilines is 1. The van der Waals surface area contributed by atoms with Crippen molar-refractivity contribution in [2.24, 2.45) is 0 Å². The lowest BCUT2D eigenvalue weighted by Gasteiger charge is -2.34. The molecule has 36 heavy (non-hydrogen) atoms. The number of fused-ring (bicyclic) bond motifs is 2. The van der Waals surface area contributed by atoms with Gasteiger partial charge in [-0.25, -0.2) is 4.39 Å². The van der Waals surface area contributed by atoms with Gasteiger partial charge < -0.3 is 24.0 Å². The quantitative estimate of drug-likeness (QED) is 0.370. The van der Waals surface area contributed by atoms with E-state index in [4.69, 9.17) is 25.8 Å². The van der Waals surface area contributed by atoms with Crippen LogP contribution in [0.25, 0.3) is 32.9 Å². The molecule has 0 amide bonds. The fourth-order valence-electron chi connectivity index (χ4n) is 4.55. The molecule has 5 rings (SSSR count). The van der Waals surface area contributed by atoms with E-state index >= 15 is 4.39 Å². The molecule has 0 radical (unpaired) electrons. The highest BCUT2D eigenvalue weighted by atomic mass is 35.5. The van der Waals surface area contributed by atoms with Crippen LogP contribution in [0.3, 0.4) is 0 Å². The Labute approximate surface area is 213 Å². The van der Waals surface area contributed by atoms with E-state index in [0.29, 0.717) is 16.8 Å². The van der Waals surface area contributed by atoms with Gasteiger partial charge >= 0.3 is 6.01 Å². The number of nitrogens with zero attached hydrogens (tertiary/aromatic N) is 5. The number of aromatic nitrogens is 4. The predicted molar refractivity (Wildman–Crippen MR) is 137 cm³/mol. The molecule has 11 heteroatoms. The minimum atomic E-state index is -0.608. The molecule has 1 N–H and O–H groups in total. The molecule has 3 heterocycles. The molecule has 0 bridgehead atoms. The molecule has 0 saturated carbocycles. The maximum Gasteiger partial charge on any atom is 0.319 e. The fraction of sp³-hybridized carbons (Fsp3) is 0.400. The van der Waals surface area contributed by atoms with Crippen LogP contribution in [0, 0.1) is 12.7 Å². The Morgan fingerprint density at radius 2 is 1.83 bits per heavy atom. The molecule has 0 atom stereocenters. The Kier molecular flexibility index (Phi) is 6.94. The van der Waals surface area contributed by atoms with E-state index in [-0.39, 0.29) is 28.7 Å². The largest absolute Gasteiger partial charge is 0.458 e. The number of hydrogen-bond donors (Lipinski definition) is 1. The number of aromatic amines is 1. The first-order valence-electron chi connectivity index (χ1n) is 11.7. The van der Waals surface area contributed by atoms with Crippen molar-refractivity contribution in [2.75, 3.05) is 59.0 Å². The number of halogens is 2. The number of rotatable bonds is 7. The Balaban J connectivity index is 1.70. The highest BCUT2D eigenvalue weighted by Gasteiger charge is 2.26. The van der Waals surface area contributed by atoms with E-state index in [1.807, 2.05) is 19.1 Å². The van der Waals surface area contributed by atoms with Crippen molar-refractivity contribution in [3.63, 3.8) is 0 Å². The molecule has 2 aromatic carbocycles. The smallest absolute Gasteiger partial charge is 0.319 e. The lowest BCUT2D eigenvalue weighted by molar-refractivity contribution is -0.123. The van der Waals surface area contributed by atoms with Gasteiger partial charge in [0.25, 0.3) is 0 Å². The van der Waals surface area contributed by atoms with Crippen LogP contribution in [0.15, 0.2) is 24.4 Å². The summed E-state index contributed by atoms with van der Waals surface area (Å²) in [6, 6.07) is 5.62. The summed E-state index contributed by atoms with van der Waals surface area (Å²) in [5.41, 5.74) is 2.75. The van der Waals surface area contributed by atoms with Gasteiger partial charge in [0, 0.05) is 62.3 Å². The number of methoxy groups -OCH3 is 2. The van der Waals surface area contributed by atoms with Crippen molar-refractivity contribution in [1.82, 2.24) is 25.1 Å². The van der Waals surface area contributed by atoms with Crippen molar-refractivity contribution in [3.05, 3.63) is 40.8 Å². The third-order valence-corrected chi connectivity index (χ3v) is 6.90. The molecule has 0 spiro atoms. The van der Waals surface area contributed by atoms with Crippen molar-refractivity contribution < 1.29 is 18.6 Å². The summed E-state index contributed by atoms with van der Waals surface area (Å²) in [6.07, 6.45) is 1.07. The number of benzene rings is 2. The summed E-state index contributed by atoms with van der Waals surface area (Å²) in [4.78, 5) is 13.5. The summed E-state index contributed by atoms with van der Waals surface area (Å²) in [7, 11) is 5.10. The first-order valence-corrected chi connectivity index (χ1v) is 12.0. The maximum atomic E-state index is 16.4. The summed E-state index contributed by atoms with van der Waals surface area (Å²) in [5.74, 6) is 0.0482. The molecular formula is C25H28ClFN6O3. The number of hydrogen-bond acceptors (Lipinski definition) is 8. The summed E-state index contributed by atoms with van der Waals surface area (Å²) in [6.45, 7) is 5.14. The van der Waals surface area contributed by atoms with Crippen LogP contribution < -0.4 is 9.64 Å². The Morgan fingerprint density at radius 1 is 1.08 bits per heavy atom. The molecule has 1 fully saturated rings. The van der Waals surface area contributed by atoms with E-state index < -0.39 is 12.1 Å². The average Bonchev–Trinajstić information content (AvgIpc) is 3.35. The van der Waals surface area contributed by atoms with Crippen LogP contribution in [-0.2, 0) is 9.47 Å². The molecule has 9 nitrogen and oxygen atoms in total. The summed E-state index contributed by atoms with van der Waals surface area (Å²) in [5, 5.41) is 8.67. The summed E-state index contributed by atoms with van der Waals surface area (Å²) >= 11 is 6.78. The third-order valence-electron chi connectivity index (χ3n) is 6.60. The number of piperazine rings is 1. The van der Waals surface area contributed by atoms with Crippen molar-refractivity contribution in [2.45, 2.75) is 13.2 Å². The lowest BCUT2D eigenvalue weighted by atomic mass is 9.95. The van der Waals surface area contributed by atoms with Crippen molar-refractivity contribution in [3.8, 4) is 17.1 Å². The van der Waals surface area contributed by atoms with Crippen LogP contribution in [-0.4, -0.2) is 85.4 Å². The van der Waals surface area contributed by atoms with Crippen LogP contribution in [0.2, 0.25) is 5.02 Å². The second-order valence-electron chi connectivity index (χ2n) is 8.86. The van der Waals surface area contributed by atoms with Crippen molar-refractivity contribution in [1.29, 1.82) is 0 Å². The third kappa shape index (κ3) is 4.45. The van der Waals surface area contributed by atoms with Gasteiger partial charge in [0.15, 0.2) is 12.1 Å². The fourth-order valence-corrected chi connectivity index (χ4v) is 4.83. The predicted octanol–water partition coefficient (Wildman–Crippen LogP) is 4.02. The van der Waals surface area contributed by atoms with Crippen LogP contribution in [0.5, 0.6) is 6.01 Å². The molecule has 1 aliphatic rings. The highest BCUT2D eigenvalue weighted by Crippen LogP contribution is 2.42. The maximum absolute atomic E-state index is 16.4. The van der Waals surface area contributed by atoms with Gasteiger partial charge in [-0.05, 0) is 31.7 Å². The highest BCUT2D eigenvalue weighted by molar-refractivity contribution is 6.35. The second-order valence-corrected chi connectivity index (χ2v) is 9.27. The van der Waals surface area contributed by atoms with Gasteiger partial charge in [0.2, 0.25) is 0 Å². The summed E-state index contributed by atoms with van der Waals surface area (Å²) < 4.78 is 32.6. The minimum Gasteiger partial charge on any atom is -0.458 e. The van der Waals surface area contributed by atoms with Gasteiger partial charge in [0.1, 0.15) is 17.9 Å². The molecule has 2 aromatic heterocycles. The van der Waals surface area contributed by atoms with E-state index in [9.17, 15) is 0 Å². The zero-order valence-electron chi connectivity index (χ0n) is 20.6. The van der Waals surface area contributed by atoms with Gasteiger partial charge in [0.05, 0.1) is 16.7 Å². The van der Waals surface area contributed by atoms with E-state index in [0.717, 1.165) is 42.6 Å². The topological polar surface area (TPSA) is 88.6 Å². The van der Waals surface area contributed by atoms with Crippen LogP contribution in [0.1, 0.15) is 5.56 Å². The zero-order chi connectivity index (χ0) is 25.4. The standard InChI is InChI=1S/C25H28ClFN6O3/c1-14-5-6-18-16(12-28-31-18)20(14)21-17(26)11-15-23(22(21)27)29-25(36-13-19(34-3)35-4)30-24(15)33-9-7-32(2)8-10-33/h5-6,11-12,19H,7-10,13H2,1-4H3,(H,28,31). The van der Waals surface area contributed by atoms with Gasteiger partial charge in [-0.3, -0.25) is 5.10 Å². The number of nitrogens with one attached hydrogen (secondary N) is 1. The molecule has 1 aliphatic heterocycles. The molecular weight excluding hydrogens is 487 g/mol. The van der Waals surface area contributed by atoms with Gasteiger partial charge in [-0.1, -0.05) is 17.7 Å². The number of likely N-dealkylation sites (N-methyl/N-ethyl adjacent to an activating group) is 1. The first-order chi connectivity index (χ1) is 17.4. The molecule has 0 aliphatic carbocycles. The van der Waals surface area contributed by atoms with Gasteiger partial charge in [-0.15, -0.1) is 0 Å². The van der Waals surface area contributed by atoms with Crippen molar-refractivity contribution >= 4 is 39.2 Å². The van der Waals surface area contributed by atoms with Gasteiger partial charge in [-0.2, -0.15) is 15.1 Å². The minimum absolute atomic E-state index is 0.0425. The molecule has 0 unspecified atom stereocenters.